The lowest BCUT2D eigenvalue weighted by atomic mass is 9.92. The summed E-state index contributed by atoms with van der Waals surface area (Å²) in [5.41, 5.74) is 1.19. The van der Waals surface area contributed by atoms with Gasteiger partial charge in [0.25, 0.3) is 5.91 Å². The summed E-state index contributed by atoms with van der Waals surface area (Å²) in [4.78, 5) is 14.5. The average Bonchev–Trinajstić information content (AvgIpc) is 2.82. The topological polar surface area (TPSA) is 65.4 Å². The van der Waals surface area contributed by atoms with E-state index >= 15 is 0 Å². The number of carbonyl (C=O) groups is 1. The fraction of sp³-hybridized carbons (Fsp3) is 0.300. The van der Waals surface area contributed by atoms with E-state index in [9.17, 15) is 4.79 Å². The second kappa shape index (κ2) is 7.38. The summed E-state index contributed by atoms with van der Waals surface area (Å²) < 4.78 is 5.25. The lowest BCUT2D eigenvalue weighted by Crippen LogP contribution is -2.46. The molecule has 0 radical (unpaired) electrons. The van der Waals surface area contributed by atoms with Crippen LogP contribution in [0.4, 0.5) is 0 Å². The summed E-state index contributed by atoms with van der Waals surface area (Å²) in [6.07, 6.45) is 1.13. The van der Waals surface area contributed by atoms with Crippen LogP contribution < -0.4 is 10.1 Å². The Hall–Kier alpha value is -2.53. The SMILES string of the molecule is COc1cccc(CC2(C)NC(=N)N(CCc3cccc(Cl)c3)C2=O)c1. The molecule has 0 saturated carbocycles. The predicted octanol–water partition coefficient (Wildman–Crippen LogP) is 3.26. The molecule has 0 bridgehead atoms. The van der Waals surface area contributed by atoms with Crippen LogP contribution in [-0.4, -0.2) is 36.0 Å². The van der Waals surface area contributed by atoms with Gasteiger partial charge in [0.05, 0.1) is 7.11 Å². The van der Waals surface area contributed by atoms with Gasteiger partial charge >= 0.3 is 0 Å². The minimum absolute atomic E-state index is 0.0904. The largest absolute Gasteiger partial charge is 0.497 e. The fourth-order valence-corrected chi connectivity index (χ4v) is 3.45. The van der Waals surface area contributed by atoms with E-state index in [1.807, 2.05) is 55.5 Å². The first-order valence-electron chi connectivity index (χ1n) is 8.47. The number of ether oxygens (including phenoxy) is 1. The molecule has 1 saturated heterocycles. The molecule has 1 aliphatic rings. The van der Waals surface area contributed by atoms with Crippen LogP contribution in [-0.2, 0) is 17.6 Å². The third-order valence-electron chi connectivity index (χ3n) is 4.59. The smallest absolute Gasteiger partial charge is 0.255 e. The van der Waals surface area contributed by atoms with Crippen molar-refractivity contribution >= 4 is 23.5 Å². The molecule has 2 N–H and O–H groups in total. The van der Waals surface area contributed by atoms with Crippen molar-refractivity contribution in [3.05, 3.63) is 64.7 Å². The molecule has 1 heterocycles. The first kappa shape index (κ1) is 18.3. The van der Waals surface area contributed by atoms with Crippen molar-refractivity contribution in [1.82, 2.24) is 10.2 Å². The Kier molecular flexibility index (Phi) is 5.18. The zero-order chi connectivity index (χ0) is 18.7. The van der Waals surface area contributed by atoms with Gasteiger partial charge in [-0.15, -0.1) is 0 Å². The molecule has 5 nitrogen and oxygen atoms in total. The summed E-state index contributed by atoms with van der Waals surface area (Å²) in [7, 11) is 1.62. The number of guanidine groups is 1. The maximum Gasteiger partial charge on any atom is 0.255 e. The summed E-state index contributed by atoms with van der Waals surface area (Å²) in [5.74, 6) is 0.805. The van der Waals surface area contributed by atoms with Crippen molar-refractivity contribution < 1.29 is 9.53 Å². The number of amides is 1. The molecule has 1 amide bonds. The Balaban J connectivity index is 1.70. The number of benzene rings is 2. The van der Waals surface area contributed by atoms with Crippen LogP contribution in [0.1, 0.15) is 18.1 Å². The number of nitrogens with zero attached hydrogens (tertiary/aromatic N) is 1. The molecular weight excluding hydrogens is 350 g/mol. The fourth-order valence-electron chi connectivity index (χ4n) is 3.24. The van der Waals surface area contributed by atoms with Crippen LogP contribution in [0.3, 0.4) is 0 Å². The van der Waals surface area contributed by atoms with Gasteiger partial charge in [-0.25, -0.2) is 0 Å². The van der Waals surface area contributed by atoms with E-state index in [-0.39, 0.29) is 11.9 Å². The quantitative estimate of drug-likeness (QED) is 0.819. The van der Waals surface area contributed by atoms with E-state index in [1.165, 1.54) is 4.90 Å². The number of rotatable bonds is 6. The van der Waals surface area contributed by atoms with Crippen LogP contribution in [0.5, 0.6) is 5.75 Å². The lowest BCUT2D eigenvalue weighted by molar-refractivity contribution is -0.130. The Labute approximate surface area is 158 Å². The number of halogens is 1. The van der Waals surface area contributed by atoms with Crippen molar-refractivity contribution in [3.63, 3.8) is 0 Å². The molecule has 1 unspecified atom stereocenters. The number of methoxy groups -OCH3 is 1. The van der Waals surface area contributed by atoms with Crippen LogP contribution in [0, 0.1) is 5.41 Å². The van der Waals surface area contributed by atoms with E-state index in [2.05, 4.69) is 5.32 Å². The summed E-state index contributed by atoms with van der Waals surface area (Å²) >= 11 is 6.01. The van der Waals surface area contributed by atoms with E-state index < -0.39 is 5.54 Å². The van der Waals surface area contributed by atoms with Gasteiger partial charge < -0.3 is 10.1 Å². The van der Waals surface area contributed by atoms with E-state index in [0.29, 0.717) is 24.4 Å². The minimum atomic E-state index is -0.836. The molecule has 0 aromatic heterocycles. The van der Waals surface area contributed by atoms with Gasteiger partial charge in [0.2, 0.25) is 0 Å². The Bertz CT molecular complexity index is 839. The molecule has 1 atom stereocenters. The van der Waals surface area contributed by atoms with E-state index in [4.69, 9.17) is 21.7 Å². The van der Waals surface area contributed by atoms with Gasteiger partial charge in [-0.3, -0.25) is 15.1 Å². The molecule has 26 heavy (non-hydrogen) atoms. The molecule has 2 aromatic rings. The van der Waals surface area contributed by atoms with Gasteiger partial charge in [-0.2, -0.15) is 0 Å². The van der Waals surface area contributed by atoms with Crippen LogP contribution in [0.25, 0.3) is 0 Å². The van der Waals surface area contributed by atoms with Crippen molar-refractivity contribution in [2.45, 2.75) is 25.3 Å². The summed E-state index contributed by atoms with van der Waals surface area (Å²) in [6, 6.07) is 15.2. The Morgan fingerprint density at radius 3 is 2.65 bits per heavy atom. The van der Waals surface area contributed by atoms with Crippen LogP contribution in [0.15, 0.2) is 48.5 Å². The number of nitrogens with one attached hydrogen (secondary N) is 2. The van der Waals surface area contributed by atoms with E-state index in [1.54, 1.807) is 7.11 Å². The maximum atomic E-state index is 12.9. The normalized spacial score (nSPS) is 19.6. The zero-order valence-corrected chi connectivity index (χ0v) is 15.6. The number of carbonyl (C=O) groups excluding carboxylic acids is 1. The van der Waals surface area contributed by atoms with Crippen LogP contribution in [0.2, 0.25) is 5.02 Å². The Morgan fingerprint density at radius 1 is 1.19 bits per heavy atom. The monoisotopic (exact) mass is 371 g/mol. The van der Waals surface area contributed by atoms with Gasteiger partial charge in [-0.1, -0.05) is 35.9 Å². The molecule has 1 fully saturated rings. The molecule has 6 heteroatoms. The highest BCUT2D eigenvalue weighted by Gasteiger charge is 2.45. The van der Waals surface area contributed by atoms with E-state index in [0.717, 1.165) is 16.9 Å². The van der Waals surface area contributed by atoms with Crippen molar-refractivity contribution in [1.29, 1.82) is 5.41 Å². The molecular formula is C20H22ClN3O2. The molecule has 1 aliphatic heterocycles. The zero-order valence-electron chi connectivity index (χ0n) is 14.9. The van der Waals surface area contributed by atoms with Crippen molar-refractivity contribution in [2.24, 2.45) is 0 Å². The standard InChI is InChI=1S/C20H22ClN3O2/c1-20(13-15-6-4-8-17(12-15)26-2)18(25)24(19(22)23-20)10-9-14-5-3-7-16(21)11-14/h3-8,11-12H,9-10,13H2,1-2H3,(H2,22,23). The van der Waals surface area contributed by atoms with Gasteiger partial charge in [-0.05, 0) is 48.7 Å². The maximum absolute atomic E-state index is 12.9. The molecule has 0 spiro atoms. The molecule has 0 aliphatic carbocycles. The summed E-state index contributed by atoms with van der Waals surface area (Å²) in [6.45, 7) is 2.28. The van der Waals surface area contributed by atoms with Gasteiger partial charge in [0.15, 0.2) is 5.96 Å². The van der Waals surface area contributed by atoms with Gasteiger partial charge in [0.1, 0.15) is 11.3 Å². The average molecular weight is 372 g/mol. The third-order valence-corrected chi connectivity index (χ3v) is 4.82. The Morgan fingerprint density at radius 2 is 1.92 bits per heavy atom. The van der Waals surface area contributed by atoms with Crippen molar-refractivity contribution in [2.75, 3.05) is 13.7 Å². The summed E-state index contributed by atoms with van der Waals surface area (Å²) in [5, 5.41) is 11.9. The molecule has 136 valence electrons. The number of hydrogen-bond donors (Lipinski definition) is 2. The highest BCUT2D eigenvalue weighted by atomic mass is 35.5. The first-order chi connectivity index (χ1) is 12.4. The molecule has 3 rings (SSSR count). The minimum Gasteiger partial charge on any atom is -0.497 e. The highest BCUT2D eigenvalue weighted by Crippen LogP contribution is 2.24. The number of hydrogen-bond acceptors (Lipinski definition) is 3. The second-order valence-electron chi connectivity index (χ2n) is 6.67. The molecule has 2 aromatic carbocycles. The third kappa shape index (κ3) is 3.83. The highest BCUT2D eigenvalue weighted by molar-refractivity contribution is 6.30. The van der Waals surface area contributed by atoms with Crippen LogP contribution >= 0.6 is 11.6 Å². The van der Waals surface area contributed by atoms with Crippen molar-refractivity contribution in [3.8, 4) is 5.75 Å². The lowest BCUT2D eigenvalue weighted by Gasteiger charge is -2.22. The second-order valence-corrected chi connectivity index (χ2v) is 7.11. The van der Waals surface area contributed by atoms with Gasteiger partial charge in [0, 0.05) is 18.0 Å². The first-order valence-corrected chi connectivity index (χ1v) is 8.85. The predicted molar refractivity (Wildman–Crippen MR) is 103 cm³/mol.